The maximum Gasteiger partial charge on any atom is 0.151 e. The fourth-order valence-corrected chi connectivity index (χ4v) is 2.65. The Morgan fingerprint density at radius 2 is 2.08 bits per heavy atom. The van der Waals surface area contributed by atoms with Gasteiger partial charge in [0.2, 0.25) is 0 Å². The summed E-state index contributed by atoms with van der Waals surface area (Å²) in [4.78, 5) is 6.22. The highest BCUT2D eigenvalue weighted by molar-refractivity contribution is 5.52. The molecule has 1 aromatic heterocycles. The largest absolute Gasteiger partial charge is 0.485 e. The zero-order valence-corrected chi connectivity index (χ0v) is 14.5. The highest BCUT2D eigenvalue weighted by Gasteiger charge is 2.30. The average molecular weight is 346 g/mol. The summed E-state index contributed by atoms with van der Waals surface area (Å²) in [5.74, 6) is 0.335. The van der Waals surface area contributed by atoms with E-state index in [0.717, 1.165) is 5.69 Å². The lowest BCUT2D eigenvalue weighted by Crippen LogP contribution is -2.54. The van der Waals surface area contributed by atoms with Crippen molar-refractivity contribution in [3.05, 3.63) is 53.6 Å². The number of pyridine rings is 1. The van der Waals surface area contributed by atoms with E-state index < -0.39 is 0 Å². The molecule has 6 heteroatoms. The smallest absolute Gasteiger partial charge is 0.151 e. The molecule has 134 valence electrons. The number of aliphatic hydroxyl groups excluding tert-OH is 1. The van der Waals surface area contributed by atoms with Crippen LogP contribution in [-0.4, -0.2) is 35.4 Å². The normalized spacial score (nSPS) is 14.7. The molecule has 0 saturated carbocycles. The molecule has 1 N–H and O–H groups in total. The van der Waals surface area contributed by atoms with Gasteiger partial charge in [-0.15, -0.1) is 0 Å². The second-order valence-electron chi connectivity index (χ2n) is 6.40. The van der Waals surface area contributed by atoms with E-state index >= 15 is 0 Å². The molecular weight excluding hydrogens is 323 g/mol. The van der Waals surface area contributed by atoms with Gasteiger partial charge in [-0.25, -0.2) is 4.39 Å². The Labute approximate surface area is 147 Å². The number of benzene rings is 1. The van der Waals surface area contributed by atoms with Crippen LogP contribution in [0.15, 0.2) is 36.5 Å². The van der Waals surface area contributed by atoms with Crippen molar-refractivity contribution in [3.8, 4) is 5.75 Å². The standard InChI is InChI=1S/C19H23FN2O3/c1-13(2)24-12-15-6-7-16(8-21-15)25-17-9-22(10-17)18-5-3-4-14(11-23)19(18)20/h3-8,13,17,23H,9-12H2,1-2H3. The van der Waals surface area contributed by atoms with Crippen molar-refractivity contribution in [2.75, 3.05) is 18.0 Å². The van der Waals surface area contributed by atoms with Crippen LogP contribution in [0.4, 0.5) is 10.1 Å². The number of hydrogen-bond donors (Lipinski definition) is 1. The van der Waals surface area contributed by atoms with Crippen LogP contribution in [0.2, 0.25) is 0 Å². The molecule has 5 nitrogen and oxygen atoms in total. The third kappa shape index (κ3) is 4.27. The lowest BCUT2D eigenvalue weighted by atomic mass is 10.1. The minimum absolute atomic E-state index is 0.00301. The van der Waals surface area contributed by atoms with E-state index in [1.807, 2.05) is 30.9 Å². The van der Waals surface area contributed by atoms with E-state index in [1.54, 1.807) is 24.4 Å². The summed E-state index contributed by atoms with van der Waals surface area (Å²) in [5, 5.41) is 9.15. The van der Waals surface area contributed by atoms with Gasteiger partial charge in [-0.2, -0.15) is 0 Å². The molecule has 1 aromatic carbocycles. The van der Waals surface area contributed by atoms with Crippen LogP contribution < -0.4 is 9.64 Å². The molecule has 0 amide bonds. The first kappa shape index (κ1) is 17.6. The summed E-state index contributed by atoms with van der Waals surface area (Å²) in [6.45, 7) is 5.35. The summed E-state index contributed by atoms with van der Waals surface area (Å²) in [7, 11) is 0. The average Bonchev–Trinajstić information content (AvgIpc) is 2.57. The Hall–Kier alpha value is -2.18. The maximum atomic E-state index is 14.2. The van der Waals surface area contributed by atoms with E-state index in [1.165, 1.54) is 0 Å². The van der Waals surface area contributed by atoms with Crippen molar-refractivity contribution in [3.63, 3.8) is 0 Å². The molecule has 0 atom stereocenters. The molecule has 1 aliphatic rings. The van der Waals surface area contributed by atoms with E-state index in [4.69, 9.17) is 14.6 Å². The van der Waals surface area contributed by atoms with Crippen molar-refractivity contribution in [1.82, 2.24) is 4.98 Å². The van der Waals surface area contributed by atoms with Gasteiger partial charge in [0.1, 0.15) is 11.9 Å². The predicted octanol–water partition coefficient (Wildman–Crippen LogP) is 2.91. The molecule has 0 spiro atoms. The van der Waals surface area contributed by atoms with Crippen LogP contribution in [0.25, 0.3) is 0 Å². The lowest BCUT2D eigenvalue weighted by molar-refractivity contribution is 0.0635. The molecule has 0 aliphatic carbocycles. The first-order chi connectivity index (χ1) is 12.1. The predicted molar refractivity (Wildman–Crippen MR) is 93.1 cm³/mol. The maximum absolute atomic E-state index is 14.2. The number of aliphatic hydroxyl groups is 1. The highest BCUT2D eigenvalue weighted by Crippen LogP contribution is 2.28. The number of rotatable bonds is 7. The SMILES string of the molecule is CC(C)OCc1ccc(OC2CN(c3cccc(CO)c3F)C2)cn1. The second-order valence-corrected chi connectivity index (χ2v) is 6.40. The summed E-state index contributed by atoms with van der Waals surface area (Å²) in [6.07, 6.45) is 1.86. The molecule has 1 aliphatic heterocycles. The number of nitrogens with zero attached hydrogens (tertiary/aromatic N) is 2. The van der Waals surface area contributed by atoms with Crippen LogP contribution in [0.3, 0.4) is 0 Å². The minimum atomic E-state index is -0.361. The molecule has 0 radical (unpaired) electrons. The van der Waals surface area contributed by atoms with Crippen molar-refractivity contribution >= 4 is 5.69 Å². The van der Waals surface area contributed by atoms with Gasteiger partial charge >= 0.3 is 0 Å². The molecule has 2 aromatic rings. The Morgan fingerprint density at radius 3 is 2.72 bits per heavy atom. The van der Waals surface area contributed by atoms with Crippen LogP contribution in [0.5, 0.6) is 5.75 Å². The number of aromatic nitrogens is 1. The fourth-order valence-electron chi connectivity index (χ4n) is 2.65. The zero-order chi connectivity index (χ0) is 17.8. The number of hydrogen-bond acceptors (Lipinski definition) is 5. The van der Waals surface area contributed by atoms with Crippen LogP contribution >= 0.6 is 0 Å². The quantitative estimate of drug-likeness (QED) is 0.835. The minimum Gasteiger partial charge on any atom is -0.485 e. The van der Waals surface area contributed by atoms with Crippen molar-refractivity contribution in [2.45, 2.75) is 39.3 Å². The van der Waals surface area contributed by atoms with Gasteiger partial charge in [0.25, 0.3) is 0 Å². The Bertz CT molecular complexity index is 700. The Morgan fingerprint density at radius 1 is 1.28 bits per heavy atom. The summed E-state index contributed by atoms with van der Waals surface area (Å²) in [5.41, 5.74) is 1.68. The summed E-state index contributed by atoms with van der Waals surface area (Å²) >= 11 is 0. The van der Waals surface area contributed by atoms with Gasteiger partial charge < -0.3 is 19.5 Å². The third-order valence-corrected chi connectivity index (χ3v) is 4.08. The van der Waals surface area contributed by atoms with Crippen LogP contribution in [0.1, 0.15) is 25.1 Å². The summed E-state index contributed by atoms with van der Waals surface area (Å²) in [6, 6.07) is 8.82. The molecule has 0 bridgehead atoms. The molecule has 1 saturated heterocycles. The Kier molecular flexibility index (Phi) is 5.50. The third-order valence-electron chi connectivity index (χ3n) is 4.08. The van der Waals surface area contributed by atoms with Gasteiger partial charge in [0.05, 0.1) is 50.0 Å². The van der Waals surface area contributed by atoms with Gasteiger partial charge in [0.15, 0.2) is 5.82 Å². The lowest BCUT2D eigenvalue weighted by Gasteiger charge is -2.40. The van der Waals surface area contributed by atoms with E-state index in [-0.39, 0.29) is 24.6 Å². The van der Waals surface area contributed by atoms with Crippen molar-refractivity contribution in [2.24, 2.45) is 0 Å². The summed E-state index contributed by atoms with van der Waals surface area (Å²) < 4.78 is 25.6. The van der Waals surface area contributed by atoms with E-state index in [9.17, 15) is 4.39 Å². The zero-order valence-electron chi connectivity index (χ0n) is 14.5. The number of anilines is 1. The van der Waals surface area contributed by atoms with E-state index in [0.29, 0.717) is 36.7 Å². The number of ether oxygens (including phenoxy) is 2. The molecule has 1 fully saturated rings. The second kappa shape index (κ2) is 7.80. The van der Waals surface area contributed by atoms with Gasteiger partial charge in [-0.3, -0.25) is 4.98 Å². The van der Waals surface area contributed by atoms with Crippen molar-refractivity contribution in [1.29, 1.82) is 0 Å². The highest BCUT2D eigenvalue weighted by atomic mass is 19.1. The molecule has 2 heterocycles. The van der Waals surface area contributed by atoms with Crippen LogP contribution in [-0.2, 0) is 18.0 Å². The molecule has 25 heavy (non-hydrogen) atoms. The molecule has 3 rings (SSSR count). The Balaban J connectivity index is 1.52. The van der Waals surface area contributed by atoms with Gasteiger partial charge in [-0.05, 0) is 32.0 Å². The van der Waals surface area contributed by atoms with Gasteiger partial charge in [0, 0.05) is 5.56 Å². The first-order valence-electron chi connectivity index (χ1n) is 8.43. The van der Waals surface area contributed by atoms with Gasteiger partial charge in [-0.1, -0.05) is 12.1 Å². The molecular formula is C19H23FN2O3. The van der Waals surface area contributed by atoms with Crippen molar-refractivity contribution < 1.29 is 19.0 Å². The monoisotopic (exact) mass is 346 g/mol. The fraction of sp³-hybridized carbons (Fsp3) is 0.421. The number of halogens is 1. The topological polar surface area (TPSA) is 54.8 Å². The van der Waals surface area contributed by atoms with E-state index in [2.05, 4.69) is 4.98 Å². The molecule has 0 unspecified atom stereocenters. The first-order valence-corrected chi connectivity index (χ1v) is 8.43. The van der Waals surface area contributed by atoms with Crippen LogP contribution in [0, 0.1) is 5.82 Å².